The highest BCUT2D eigenvalue weighted by atomic mass is 28.4. The third-order valence-electron chi connectivity index (χ3n) is 9.02. The van der Waals surface area contributed by atoms with Crippen molar-refractivity contribution < 1.29 is 18.7 Å². The maximum absolute atomic E-state index is 12.3. The number of hydrogen-bond donors (Lipinski definition) is 0. The Morgan fingerprint density at radius 3 is 2.47 bits per heavy atom. The molecule has 4 aliphatic rings. The molecule has 5 heteroatoms. The standard InChI is InChI=1S/C27H46O4Si/c1-27(2,3)32(4,5)31-22(14-19-10-6-7-11-19)18-24-23-17-21(28)15-20(23)16-25(24)30-26-12-8-9-13-29-26/h18-20,23-26H,6-17H2,1-5H3/b22-18+/t20-,23-,24?,25?,26?/m1/s1. The molecule has 3 saturated carbocycles. The molecule has 1 aliphatic heterocycles. The lowest BCUT2D eigenvalue weighted by Gasteiger charge is -2.38. The first-order valence-corrected chi connectivity index (χ1v) is 16.2. The molecule has 0 radical (unpaired) electrons. The van der Waals surface area contributed by atoms with E-state index in [1.54, 1.807) is 0 Å². The molecule has 32 heavy (non-hydrogen) atoms. The summed E-state index contributed by atoms with van der Waals surface area (Å²) >= 11 is 0. The molecule has 0 aromatic rings. The molecule has 4 fully saturated rings. The van der Waals surface area contributed by atoms with Crippen molar-refractivity contribution in [1.82, 2.24) is 0 Å². The number of rotatable bonds is 7. The highest BCUT2D eigenvalue weighted by molar-refractivity contribution is 6.74. The molecule has 0 aromatic heterocycles. The largest absolute Gasteiger partial charge is 0.547 e. The van der Waals surface area contributed by atoms with Gasteiger partial charge in [-0.05, 0) is 67.6 Å². The summed E-state index contributed by atoms with van der Waals surface area (Å²) in [6.07, 6.45) is 14.7. The van der Waals surface area contributed by atoms with E-state index in [2.05, 4.69) is 39.9 Å². The van der Waals surface area contributed by atoms with Gasteiger partial charge >= 0.3 is 0 Å². The Morgan fingerprint density at radius 1 is 1.09 bits per heavy atom. The fourth-order valence-corrected chi connectivity index (χ4v) is 7.24. The third-order valence-corrected chi connectivity index (χ3v) is 13.4. The van der Waals surface area contributed by atoms with E-state index < -0.39 is 8.32 Å². The number of ether oxygens (including phenoxy) is 2. The van der Waals surface area contributed by atoms with Crippen LogP contribution >= 0.6 is 0 Å². The lowest BCUT2D eigenvalue weighted by atomic mass is 9.89. The summed E-state index contributed by atoms with van der Waals surface area (Å²) < 4.78 is 19.5. The quantitative estimate of drug-likeness (QED) is 0.302. The fourth-order valence-electron chi connectivity index (χ4n) is 6.13. The molecule has 4 rings (SSSR count). The summed E-state index contributed by atoms with van der Waals surface area (Å²) in [6, 6.07) is 0. The zero-order chi connectivity index (χ0) is 22.9. The van der Waals surface area contributed by atoms with Crippen molar-refractivity contribution in [2.45, 2.75) is 122 Å². The van der Waals surface area contributed by atoms with Gasteiger partial charge in [0.25, 0.3) is 0 Å². The Bertz CT molecular complexity index is 682. The second-order valence-corrected chi connectivity index (χ2v) is 17.2. The van der Waals surface area contributed by atoms with Crippen LogP contribution in [0.3, 0.4) is 0 Å². The SMILES string of the molecule is CC(C)(C)[Si](C)(C)O/C(=C/C1C(OC2CCCCO2)C[C@H]2CC(=O)C[C@@H]12)CC1CCCC1. The van der Waals surface area contributed by atoms with E-state index in [9.17, 15) is 4.79 Å². The van der Waals surface area contributed by atoms with Crippen LogP contribution in [0, 0.1) is 23.7 Å². The van der Waals surface area contributed by atoms with E-state index in [1.165, 1.54) is 37.9 Å². The van der Waals surface area contributed by atoms with Crippen molar-refractivity contribution in [3.8, 4) is 0 Å². The van der Waals surface area contributed by atoms with Gasteiger partial charge in [0.15, 0.2) is 6.29 Å². The van der Waals surface area contributed by atoms with Gasteiger partial charge in [0.2, 0.25) is 8.32 Å². The lowest BCUT2D eigenvalue weighted by molar-refractivity contribution is -0.193. The van der Waals surface area contributed by atoms with Crippen molar-refractivity contribution in [2.75, 3.05) is 6.61 Å². The minimum absolute atomic E-state index is 0.0706. The Balaban J connectivity index is 1.57. The number of carbonyl (C=O) groups excluding carboxylic acids is 1. The van der Waals surface area contributed by atoms with Gasteiger partial charge in [0.1, 0.15) is 5.78 Å². The minimum Gasteiger partial charge on any atom is -0.547 e. The Morgan fingerprint density at radius 2 is 1.81 bits per heavy atom. The predicted octanol–water partition coefficient (Wildman–Crippen LogP) is 7.00. The summed E-state index contributed by atoms with van der Waals surface area (Å²) in [7, 11) is -1.92. The van der Waals surface area contributed by atoms with Gasteiger partial charge in [-0.3, -0.25) is 4.79 Å². The van der Waals surface area contributed by atoms with E-state index in [-0.39, 0.29) is 23.4 Å². The number of ketones is 1. The number of carbonyl (C=O) groups is 1. The van der Waals surface area contributed by atoms with Gasteiger partial charge in [-0.1, -0.05) is 46.5 Å². The van der Waals surface area contributed by atoms with Gasteiger partial charge in [-0.2, -0.15) is 0 Å². The molecular formula is C27H46O4Si. The van der Waals surface area contributed by atoms with E-state index in [1.807, 2.05) is 0 Å². The van der Waals surface area contributed by atoms with Crippen LogP contribution in [-0.2, 0) is 18.7 Å². The number of fused-ring (bicyclic) bond motifs is 1. The monoisotopic (exact) mass is 462 g/mol. The van der Waals surface area contributed by atoms with Crippen molar-refractivity contribution >= 4 is 14.1 Å². The maximum atomic E-state index is 12.3. The van der Waals surface area contributed by atoms with Crippen LogP contribution in [0.2, 0.25) is 18.1 Å². The second-order valence-electron chi connectivity index (χ2n) is 12.5. The molecule has 4 nitrogen and oxygen atoms in total. The Hall–Kier alpha value is -0.653. The molecule has 182 valence electrons. The average molecular weight is 463 g/mol. The van der Waals surface area contributed by atoms with Gasteiger partial charge in [-0.15, -0.1) is 0 Å². The van der Waals surface area contributed by atoms with Crippen LogP contribution < -0.4 is 0 Å². The van der Waals surface area contributed by atoms with Gasteiger partial charge in [-0.25, -0.2) is 0 Å². The van der Waals surface area contributed by atoms with Crippen LogP contribution in [0.1, 0.15) is 91.4 Å². The average Bonchev–Trinajstić information content (AvgIpc) is 3.40. The zero-order valence-corrected chi connectivity index (χ0v) is 22.2. The molecule has 0 N–H and O–H groups in total. The van der Waals surface area contributed by atoms with Crippen LogP contribution in [0.4, 0.5) is 0 Å². The molecule has 3 unspecified atom stereocenters. The molecule has 0 amide bonds. The predicted molar refractivity (Wildman–Crippen MR) is 131 cm³/mol. The van der Waals surface area contributed by atoms with Gasteiger partial charge in [0, 0.05) is 31.8 Å². The Kier molecular flexibility index (Phi) is 7.58. The molecule has 5 atom stereocenters. The van der Waals surface area contributed by atoms with Crippen molar-refractivity contribution in [3.63, 3.8) is 0 Å². The summed E-state index contributed by atoms with van der Waals surface area (Å²) in [4.78, 5) is 12.3. The summed E-state index contributed by atoms with van der Waals surface area (Å²) in [5.41, 5.74) is 0. The molecule has 1 heterocycles. The lowest BCUT2D eigenvalue weighted by Crippen LogP contribution is -2.41. The van der Waals surface area contributed by atoms with Crippen LogP contribution in [0.25, 0.3) is 0 Å². The third kappa shape index (κ3) is 5.70. The van der Waals surface area contributed by atoms with Gasteiger partial charge < -0.3 is 13.9 Å². The highest BCUT2D eigenvalue weighted by Gasteiger charge is 2.49. The van der Waals surface area contributed by atoms with E-state index in [0.29, 0.717) is 24.0 Å². The van der Waals surface area contributed by atoms with E-state index >= 15 is 0 Å². The summed E-state index contributed by atoms with van der Waals surface area (Å²) in [5, 5.41) is 0.176. The first-order chi connectivity index (χ1) is 15.1. The number of Topliss-reactive ketones (excluding diaryl/α,β-unsaturated/α-hetero) is 1. The molecule has 0 aromatic carbocycles. The van der Waals surface area contributed by atoms with E-state index in [4.69, 9.17) is 13.9 Å². The van der Waals surface area contributed by atoms with Crippen LogP contribution in [0.15, 0.2) is 11.8 Å². The summed E-state index contributed by atoms with van der Waals surface area (Å²) in [6.45, 7) is 12.5. The first kappa shape index (κ1) is 24.5. The fraction of sp³-hybridized carbons (Fsp3) is 0.889. The normalized spacial score (nSPS) is 34.8. The van der Waals surface area contributed by atoms with E-state index in [0.717, 1.165) is 44.6 Å². The molecular weight excluding hydrogens is 416 g/mol. The van der Waals surface area contributed by atoms with Crippen molar-refractivity contribution in [2.24, 2.45) is 23.7 Å². The number of hydrogen-bond acceptors (Lipinski definition) is 4. The smallest absolute Gasteiger partial charge is 0.250 e. The van der Waals surface area contributed by atoms with Gasteiger partial charge in [0.05, 0.1) is 11.9 Å². The molecule has 0 spiro atoms. The van der Waals surface area contributed by atoms with Crippen molar-refractivity contribution in [3.05, 3.63) is 11.8 Å². The minimum atomic E-state index is -1.92. The number of allylic oxidation sites excluding steroid dienone is 1. The maximum Gasteiger partial charge on any atom is 0.250 e. The molecule has 3 aliphatic carbocycles. The zero-order valence-electron chi connectivity index (χ0n) is 21.2. The summed E-state index contributed by atoms with van der Waals surface area (Å²) in [5.74, 6) is 3.54. The second kappa shape index (κ2) is 9.91. The topological polar surface area (TPSA) is 44.8 Å². The van der Waals surface area contributed by atoms with Crippen LogP contribution in [0.5, 0.6) is 0 Å². The van der Waals surface area contributed by atoms with Crippen molar-refractivity contribution in [1.29, 1.82) is 0 Å². The highest BCUT2D eigenvalue weighted by Crippen LogP contribution is 2.50. The molecule has 0 bridgehead atoms. The first-order valence-electron chi connectivity index (χ1n) is 13.3. The Labute approximate surface area is 197 Å². The molecule has 1 saturated heterocycles. The van der Waals surface area contributed by atoms with Crippen LogP contribution in [-0.4, -0.2) is 33.1 Å².